The molecule has 0 saturated carbocycles. The van der Waals surface area contributed by atoms with E-state index < -0.39 is 17.7 Å². The van der Waals surface area contributed by atoms with Crippen molar-refractivity contribution in [2.45, 2.75) is 39.9 Å². The van der Waals surface area contributed by atoms with Crippen molar-refractivity contribution in [2.75, 3.05) is 7.11 Å². The summed E-state index contributed by atoms with van der Waals surface area (Å²) in [5, 5.41) is 12.0. The normalized spacial score (nSPS) is 11.9. The SMILES string of the molecule is COc1ccc(C(C)=C(NC(=O)OC(C)(C)C)C(=O)O)c(OCc2ccccc2)c1. The number of hydrogen-bond acceptors (Lipinski definition) is 5. The van der Waals surface area contributed by atoms with Gasteiger partial charge < -0.3 is 19.3 Å². The van der Waals surface area contributed by atoms with E-state index in [1.54, 1.807) is 45.9 Å². The van der Waals surface area contributed by atoms with Gasteiger partial charge in [-0.05, 0) is 51.0 Å². The third-order valence-electron chi connectivity index (χ3n) is 4.04. The van der Waals surface area contributed by atoms with Gasteiger partial charge in [-0.1, -0.05) is 30.3 Å². The largest absolute Gasteiger partial charge is 0.497 e. The molecular weight excluding hydrogens is 386 g/mol. The Morgan fingerprint density at radius 3 is 2.30 bits per heavy atom. The number of alkyl carbamates (subject to hydrolysis) is 1. The predicted molar refractivity (Wildman–Crippen MR) is 113 cm³/mol. The highest BCUT2D eigenvalue weighted by Gasteiger charge is 2.22. The fourth-order valence-corrected chi connectivity index (χ4v) is 2.64. The van der Waals surface area contributed by atoms with E-state index in [0.29, 0.717) is 22.6 Å². The zero-order valence-electron chi connectivity index (χ0n) is 17.8. The number of rotatable bonds is 7. The lowest BCUT2D eigenvalue weighted by molar-refractivity contribution is -0.133. The number of nitrogens with one attached hydrogen (secondary N) is 1. The van der Waals surface area contributed by atoms with Gasteiger partial charge >= 0.3 is 12.1 Å². The molecule has 0 saturated heterocycles. The highest BCUT2D eigenvalue weighted by Crippen LogP contribution is 2.32. The van der Waals surface area contributed by atoms with Crippen molar-refractivity contribution in [3.8, 4) is 11.5 Å². The van der Waals surface area contributed by atoms with Gasteiger partial charge in [0.15, 0.2) is 0 Å². The number of carbonyl (C=O) groups excluding carboxylic acids is 1. The lowest BCUT2D eigenvalue weighted by Crippen LogP contribution is -2.34. The first-order valence-electron chi connectivity index (χ1n) is 9.40. The fourth-order valence-electron chi connectivity index (χ4n) is 2.64. The van der Waals surface area contributed by atoms with E-state index >= 15 is 0 Å². The van der Waals surface area contributed by atoms with E-state index in [9.17, 15) is 14.7 Å². The van der Waals surface area contributed by atoms with Gasteiger partial charge in [-0.25, -0.2) is 9.59 Å². The number of carboxylic acid groups (broad SMARTS) is 1. The van der Waals surface area contributed by atoms with Crippen LogP contribution in [0.2, 0.25) is 0 Å². The lowest BCUT2D eigenvalue weighted by atomic mass is 10.0. The molecule has 0 bridgehead atoms. The Kier molecular flexibility index (Phi) is 7.47. The minimum Gasteiger partial charge on any atom is -0.497 e. The van der Waals surface area contributed by atoms with Gasteiger partial charge in [-0.3, -0.25) is 5.32 Å². The van der Waals surface area contributed by atoms with Crippen molar-refractivity contribution in [3.05, 3.63) is 65.4 Å². The molecule has 0 radical (unpaired) electrons. The van der Waals surface area contributed by atoms with Crippen LogP contribution in [0, 0.1) is 0 Å². The second kappa shape index (κ2) is 9.82. The molecule has 2 N–H and O–H groups in total. The van der Waals surface area contributed by atoms with Crippen LogP contribution in [0.3, 0.4) is 0 Å². The minimum atomic E-state index is -1.29. The molecule has 0 spiro atoms. The van der Waals surface area contributed by atoms with Gasteiger partial charge in [0.2, 0.25) is 0 Å². The average Bonchev–Trinajstić information content (AvgIpc) is 2.69. The van der Waals surface area contributed by atoms with E-state index in [4.69, 9.17) is 14.2 Å². The summed E-state index contributed by atoms with van der Waals surface area (Å²) in [6.45, 7) is 6.97. The van der Waals surface area contributed by atoms with Crippen LogP contribution in [0.1, 0.15) is 38.8 Å². The molecule has 0 aliphatic heterocycles. The summed E-state index contributed by atoms with van der Waals surface area (Å²) in [4.78, 5) is 24.0. The van der Waals surface area contributed by atoms with Crippen LogP contribution in [0.4, 0.5) is 4.79 Å². The molecule has 2 rings (SSSR count). The van der Waals surface area contributed by atoms with Crippen molar-refractivity contribution in [1.82, 2.24) is 5.32 Å². The van der Waals surface area contributed by atoms with Crippen LogP contribution in [0.25, 0.3) is 5.57 Å². The molecule has 0 fully saturated rings. The van der Waals surface area contributed by atoms with Crippen LogP contribution in [0.5, 0.6) is 11.5 Å². The Labute approximate surface area is 176 Å². The first kappa shape index (κ1) is 22.8. The summed E-state index contributed by atoms with van der Waals surface area (Å²) in [5.41, 5.74) is 0.738. The number of ether oxygens (including phenoxy) is 3. The summed E-state index contributed by atoms with van der Waals surface area (Å²) in [6, 6.07) is 14.6. The molecule has 2 aromatic carbocycles. The zero-order chi connectivity index (χ0) is 22.3. The lowest BCUT2D eigenvalue weighted by Gasteiger charge is -2.21. The van der Waals surface area contributed by atoms with Gasteiger partial charge in [0.25, 0.3) is 0 Å². The molecule has 160 valence electrons. The van der Waals surface area contributed by atoms with Crippen LogP contribution in [-0.4, -0.2) is 29.9 Å². The highest BCUT2D eigenvalue weighted by molar-refractivity contribution is 5.99. The summed E-state index contributed by atoms with van der Waals surface area (Å²) < 4.78 is 16.4. The maximum absolute atomic E-state index is 12.1. The second-order valence-corrected chi connectivity index (χ2v) is 7.57. The molecule has 0 unspecified atom stereocenters. The second-order valence-electron chi connectivity index (χ2n) is 7.57. The first-order valence-corrected chi connectivity index (χ1v) is 9.40. The summed E-state index contributed by atoms with van der Waals surface area (Å²) >= 11 is 0. The van der Waals surface area contributed by atoms with Crippen LogP contribution >= 0.6 is 0 Å². The number of hydrogen-bond donors (Lipinski definition) is 2. The highest BCUT2D eigenvalue weighted by atomic mass is 16.6. The van der Waals surface area contributed by atoms with Gasteiger partial charge in [-0.15, -0.1) is 0 Å². The monoisotopic (exact) mass is 413 g/mol. The maximum atomic E-state index is 12.1. The summed E-state index contributed by atoms with van der Waals surface area (Å²) in [5.74, 6) is -0.296. The third kappa shape index (κ3) is 6.55. The number of aliphatic carboxylic acids is 1. The molecular formula is C23H27NO6. The van der Waals surface area contributed by atoms with Crippen molar-refractivity contribution in [2.24, 2.45) is 0 Å². The van der Waals surface area contributed by atoms with Crippen LogP contribution in [-0.2, 0) is 16.1 Å². The smallest absolute Gasteiger partial charge is 0.412 e. The molecule has 30 heavy (non-hydrogen) atoms. The van der Waals surface area contributed by atoms with Crippen molar-refractivity contribution in [1.29, 1.82) is 0 Å². The molecule has 7 heteroatoms. The summed E-state index contributed by atoms with van der Waals surface area (Å²) in [6.07, 6.45) is -0.848. The topological polar surface area (TPSA) is 94.1 Å². The first-order chi connectivity index (χ1) is 14.1. The molecule has 1 amide bonds. The van der Waals surface area contributed by atoms with E-state index in [2.05, 4.69) is 5.32 Å². The van der Waals surface area contributed by atoms with E-state index in [-0.39, 0.29) is 12.3 Å². The number of allylic oxidation sites excluding steroid dienone is 1. The number of benzene rings is 2. The van der Waals surface area contributed by atoms with Crippen molar-refractivity contribution in [3.63, 3.8) is 0 Å². The van der Waals surface area contributed by atoms with E-state index in [1.807, 2.05) is 30.3 Å². The van der Waals surface area contributed by atoms with Crippen molar-refractivity contribution >= 4 is 17.6 Å². The van der Waals surface area contributed by atoms with E-state index in [0.717, 1.165) is 5.56 Å². The van der Waals surface area contributed by atoms with Gasteiger partial charge in [0.05, 0.1) is 7.11 Å². The molecule has 0 aromatic heterocycles. The standard InChI is InChI=1S/C23H27NO6/c1-15(20(21(25)26)24-22(27)30-23(2,3)4)18-12-11-17(28-5)13-19(18)29-14-16-9-7-6-8-10-16/h6-13H,14H2,1-5H3,(H,24,27)(H,25,26). The average molecular weight is 413 g/mol. The maximum Gasteiger partial charge on any atom is 0.412 e. The Hall–Kier alpha value is -3.48. The number of methoxy groups -OCH3 is 1. The molecule has 0 heterocycles. The number of amides is 1. The molecule has 0 aliphatic carbocycles. The quantitative estimate of drug-likeness (QED) is 0.644. The molecule has 7 nitrogen and oxygen atoms in total. The Morgan fingerprint density at radius 2 is 1.73 bits per heavy atom. The van der Waals surface area contributed by atoms with Gasteiger partial charge in [0, 0.05) is 11.6 Å². The van der Waals surface area contributed by atoms with Gasteiger partial charge in [0.1, 0.15) is 29.4 Å². The molecule has 0 aliphatic rings. The fraction of sp³-hybridized carbons (Fsp3) is 0.304. The van der Waals surface area contributed by atoms with Crippen LogP contribution in [0.15, 0.2) is 54.2 Å². The Bertz CT molecular complexity index is 928. The Morgan fingerprint density at radius 1 is 1.07 bits per heavy atom. The molecule has 0 atom stereocenters. The summed E-state index contributed by atoms with van der Waals surface area (Å²) in [7, 11) is 1.53. The Balaban J connectivity index is 2.39. The van der Waals surface area contributed by atoms with E-state index in [1.165, 1.54) is 7.11 Å². The van der Waals surface area contributed by atoms with Crippen molar-refractivity contribution < 1.29 is 28.9 Å². The predicted octanol–water partition coefficient (Wildman–Crippen LogP) is 4.61. The number of carbonyl (C=O) groups is 2. The molecule has 2 aromatic rings. The van der Waals surface area contributed by atoms with Gasteiger partial charge in [-0.2, -0.15) is 0 Å². The third-order valence-corrected chi connectivity index (χ3v) is 4.04. The zero-order valence-corrected chi connectivity index (χ0v) is 17.8. The minimum absolute atomic E-state index is 0.288. The number of carboxylic acids is 1. The van der Waals surface area contributed by atoms with Crippen LogP contribution < -0.4 is 14.8 Å².